The quantitative estimate of drug-likeness (QED) is 0.624. The number of carbonyl (C=O) groups excluding carboxylic acids is 1. The number of amides is 1. The van der Waals surface area contributed by atoms with Gasteiger partial charge in [-0.25, -0.2) is 4.39 Å². The van der Waals surface area contributed by atoms with Gasteiger partial charge in [0.25, 0.3) is 11.6 Å². The maximum Gasteiger partial charge on any atom is 0.285 e. The zero-order valence-electron chi connectivity index (χ0n) is 9.56. The van der Waals surface area contributed by atoms with Crippen molar-refractivity contribution in [1.82, 2.24) is 10.2 Å². The molecule has 1 N–H and O–H groups in total. The summed E-state index contributed by atoms with van der Waals surface area (Å²) in [6.45, 7) is 2.29. The van der Waals surface area contributed by atoms with Gasteiger partial charge in [0.2, 0.25) is 0 Å². The number of rotatable bonds is 2. The molecule has 0 atom stereocenters. The van der Waals surface area contributed by atoms with Crippen LogP contribution in [-0.4, -0.2) is 41.9 Å². The Kier molecular flexibility index (Phi) is 3.52. The van der Waals surface area contributed by atoms with E-state index >= 15 is 0 Å². The first-order valence-electron chi connectivity index (χ1n) is 5.53. The average Bonchev–Trinajstić information content (AvgIpc) is 2.39. The van der Waals surface area contributed by atoms with Gasteiger partial charge in [-0.3, -0.25) is 14.9 Å². The van der Waals surface area contributed by atoms with E-state index in [0.717, 1.165) is 18.2 Å². The second-order valence-corrected chi connectivity index (χ2v) is 3.96. The standard InChI is InChI=1S/C11H12FN3O3/c12-8-1-2-9(10(7-8)15(17)18)11(16)14-5-3-13-4-6-14/h1-2,7,13H,3-6H2. The van der Waals surface area contributed by atoms with E-state index in [0.29, 0.717) is 26.2 Å². The van der Waals surface area contributed by atoms with E-state index in [2.05, 4.69) is 5.32 Å². The number of nitrogens with zero attached hydrogens (tertiary/aromatic N) is 2. The van der Waals surface area contributed by atoms with Gasteiger partial charge in [-0.1, -0.05) is 0 Å². The molecule has 0 aliphatic carbocycles. The summed E-state index contributed by atoms with van der Waals surface area (Å²) in [6.07, 6.45) is 0. The van der Waals surface area contributed by atoms with Crippen LogP contribution in [0.25, 0.3) is 0 Å². The second kappa shape index (κ2) is 5.09. The number of hydrogen-bond donors (Lipinski definition) is 1. The number of benzene rings is 1. The molecule has 2 rings (SSSR count). The molecule has 0 radical (unpaired) electrons. The smallest absolute Gasteiger partial charge is 0.285 e. The Morgan fingerprint density at radius 1 is 1.39 bits per heavy atom. The van der Waals surface area contributed by atoms with Crippen LogP contribution in [0, 0.1) is 15.9 Å². The summed E-state index contributed by atoms with van der Waals surface area (Å²) in [7, 11) is 0. The van der Waals surface area contributed by atoms with Crippen molar-refractivity contribution in [2.24, 2.45) is 0 Å². The van der Waals surface area contributed by atoms with Crippen LogP contribution in [0.3, 0.4) is 0 Å². The second-order valence-electron chi connectivity index (χ2n) is 3.96. The molecular formula is C11H12FN3O3. The third-order valence-electron chi connectivity index (χ3n) is 2.79. The molecule has 1 aromatic carbocycles. The largest absolute Gasteiger partial charge is 0.336 e. The molecule has 1 aromatic rings. The van der Waals surface area contributed by atoms with Crippen LogP contribution in [0.15, 0.2) is 18.2 Å². The lowest BCUT2D eigenvalue weighted by molar-refractivity contribution is -0.385. The first-order valence-corrected chi connectivity index (χ1v) is 5.53. The molecule has 1 saturated heterocycles. The SMILES string of the molecule is O=C(c1ccc(F)cc1[N+](=O)[O-])N1CCNCC1. The highest BCUT2D eigenvalue weighted by Crippen LogP contribution is 2.21. The topological polar surface area (TPSA) is 75.5 Å². The number of nitro benzene ring substituents is 1. The fraction of sp³-hybridized carbons (Fsp3) is 0.364. The summed E-state index contributed by atoms with van der Waals surface area (Å²) in [4.78, 5) is 23.7. The molecular weight excluding hydrogens is 241 g/mol. The van der Waals surface area contributed by atoms with Crippen LogP contribution in [0.1, 0.15) is 10.4 Å². The zero-order valence-corrected chi connectivity index (χ0v) is 9.56. The van der Waals surface area contributed by atoms with Gasteiger partial charge >= 0.3 is 0 Å². The number of nitro groups is 1. The van der Waals surface area contributed by atoms with Crippen molar-refractivity contribution in [3.05, 3.63) is 39.7 Å². The summed E-state index contributed by atoms with van der Waals surface area (Å²) < 4.78 is 13.0. The molecule has 0 spiro atoms. The Balaban J connectivity index is 2.31. The van der Waals surface area contributed by atoms with Crippen molar-refractivity contribution < 1.29 is 14.1 Å². The van der Waals surface area contributed by atoms with Crippen LogP contribution >= 0.6 is 0 Å². The molecule has 0 unspecified atom stereocenters. The number of carbonyl (C=O) groups is 1. The van der Waals surface area contributed by atoms with E-state index < -0.39 is 22.3 Å². The Bertz CT molecular complexity index is 486. The van der Waals surface area contributed by atoms with Gasteiger partial charge in [0.05, 0.1) is 11.0 Å². The lowest BCUT2D eigenvalue weighted by Gasteiger charge is -2.27. The normalized spacial score (nSPS) is 15.5. The summed E-state index contributed by atoms with van der Waals surface area (Å²) in [5, 5.41) is 13.9. The maximum absolute atomic E-state index is 13.0. The van der Waals surface area contributed by atoms with Gasteiger partial charge < -0.3 is 10.2 Å². The molecule has 1 amide bonds. The minimum atomic E-state index is -0.738. The molecule has 0 saturated carbocycles. The summed E-state index contributed by atoms with van der Waals surface area (Å²) in [6, 6.07) is 3.00. The third kappa shape index (κ3) is 2.45. The minimum absolute atomic E-state index is 0.0664. The Morgan fingerprint density at radius 2 is 2.06 bits per heavy atom. The van der Waals surface area contributed by atoms with Gasteiger partial charge in [0, 0.05) is 26.2 Å². The highest BCUT2D eigenvalue weighted by molar-refractivity contribution is 5.98. The van der Waals surface area contributed by atoms with Crippen LogP contribution in [-0.2, 0) is 0 Å². The third-order valence-corrected chi connectivity index (χ3v) is 2.79. The molecule has 1 fully saturated rings. The van der Waals surface area contributed by atoms with Crippen LogP contribution in [0.4, 0.5) is 10.1 Å². The summed E-state index contributed by atoms with van der Waals surface area (Å²) >= 11 is 0. The van der Waals surface area contributed by atoms with Gasteiger partial charge in [0.15, 0.2) is 0 Å². The molecule has 7 heteroatoms. The van der Waals surface area contributed by atoms with E-state index in [1.165, 1.54) is 4.90 Å². The van der Waals surface area contributed by atoms with Crippen LogP contribution in [0.5, 0.6) is 0 Å². The molecule has 6 nitrogen and oxygen atoms in total. The molecule has 1 aliphatic rings. The predicted octanol–water partition coefficient (Wildman–Crippen LogP) is 0.779. The molecule has 0 aromatic heterocycles. The minimum Gasteiger partial charge on any atom is -0.336 e. The highest BCUT2D eigenvalue weighted by Gasteiger charge is 2.25. The van der Waals surface area contributed by atoms with Crippen molar-refractivity contribution in [2.75, 3.05) is 26.2 Å². The summed E-state index contributed by atoms with van der Waals surface area (Å²) in [5.74, 6) is -1.15. The van der Waals surface area contributed by atoms with Crippen molar-refractivity contribution in [3.8, 4) is 0 Å². The number of nitrogens with one attached hydrogen (secondary N) is 1. The fourth-order valence-electron chi connectivity index (χ4n) is 1.87. The molecule has 1 aliphatic heterocycles. The van der Waals surface area contributed by atoms with Gasteiger partial charge in [-0.15, -0.1) is 0 Å². The maximum atomic E-state index is 13.0. The van der Waals surface area contributed by atoms with Crippen molar-refractivity contribution in [1.29, 1.82) is 0 Å². The number of hydrogen-bond acceptors (Lipinski definition) is 4. The number of halogens is 1. The molecule has 1 heterocycles. The van der Waals surface area contributed by atoms with Gasteiger partial charge in [-0.05, 0) is 12.1 Å². The Morgan fingerprint density at radius 3 is 2.67 bits per heavy atom. The lowest BCUT2D eigenvalue weighted by atomic mass is 10.1. The first kappa shape index (κ1) is 12.4. The highest BCUT2D eigenvalue weighted by atomic mass is 19.1. The Labute approximate surface area is 103 Å². The van der Waals surface area contributed by atoms with Crippen LogP contribution < -0.4 is 5.32 Å². The van der Waals surface area contributed by atoms with E-state index in [4.69, 9.17) is 0 Å². The summed E-state index contributed by atoms with van der Waals surface area (Å²) in [5.41, 5.74) is -0.554. The average molecular weight is 253 g/mol. The van der Waals surface area contributed by atoms with Crippen molar-refractivity contribution in [3.63, 3.8) is 0 Å². The molecule has 96 valence electrons. The van der Waals surface area contributed by atoms with E-state index in [9.17, 15) is 19.3 Å². The van der Waals surface area contributed by atoms with E-state index in [-0.39, 0.29) is 5.56 Å². The van der Waals surface area contributed by atoms with Crippen molar-refractivity contribution >= 4 is 11.6 Å². The monoisotopic (exact) mass is 253 g/mol. The van der Waals surface area contributed by atoms with Gasteiger partial charge in [-0.2, -0.15) is 0 Å². The van der Waals surface area contributed by atoms with E-state index in [1.54, 1.807) is 0 Å². The first-order chi connectivity index (χ1) is 8.59. The molecule has 0 bridgehead atoms. The Hall–Kier alpha value is -2.02. The van der Waals surface area contributed by atoms with Crippen LogP contribution in [0.2, 0.25) is 0 Å². The number of piperazine rings is 1. The zero-order chi connectivity index (χ0) is 13.1. The lowest BCUT2D eigenvalue weighted by Crippen LogP contribution is -2.46. The van der Waals surface area contributed by atoms with Gasteiger partial charge in [0.1, 0.15) is 11.4 Å². The fourth-order valence-corrected chi connectivity index (χ4v) is 1.87. The predicted molar refractivity (Wildman–Crippen MR) is 61.8 cm³/mol. The van der Waals surface area contributed by atoms with Crippen molar-refractivity contribution in [2.45, 2.75) is 0 Å². The van der Waals surface area contributed by atoms with E-state index in [1.807, 2.05) is 0 Å². The molecule has 18 heavy (non-hydrogen) atoms.